The van der Waals surface area contributed by atoms with Crippen LogP contribution in [0.3, 0.4) is 0 Å². The highest BCUT2D eigenvalue weighted by Crippen LogP contribution is 2.58. The predicted octanol–water partition coefficient (Wildman–Crippen LogP) is 12.6. The average molecular weight is 754 g/mol. The van der Waals surface area contributed by atoms with Crippen LogP contribution in [0.25, 0.3) is 77.9 Å². The standard InChI is InChI=1S/C54H35N5/c1-2-10-41(11-3-1)59-49-17-9-7-15-47(49)57-53(59)38-20-18-36(19-21-38)37-22-24-42(25-23-37)58-48-16-8-5-13-44(48)52-50(58)27-26-46-51(52)43-12-4-6-14-45(43)54(46,39-28-32-55-33-29-39)40-30-34-56-35-31-40/h1-35H. The molecule has 5 nitrogen and oxygen atoms in total. The molecule has 0 amide bonds. The summed E-state index contributed by atoms with van der Waals surface area (Å²) in [5.41, 5.74) is 16.9. The van der Waals surface area contributed by atoms with E-state index in [0.717, 1.165) is 44.9 Å². The summed E-state index contributed by atoms with van der Waals surface area (Å²) >= 11 is 0. The van der Waals surface area contributed by atoms with Crippen molar-refractivity contribution in [3.05, 3.63) is 235 Å². The lowest BCUT2D eigenvalue weighted by Gasteiger charge is -2.33. The third kappa shape index (κ3) is 4.88. The van der Waals surface area contributed by atoms with Crippen molar-refractivity contribution in [3.63, 3.8) is 0 Å². The van der Waals surface area contributed by atoms with Gasteiger partial charge in [-0.3, -0.25) is 14.5 Å². The third-order valence-electron chi connectivity index (χ3n) is 12.2. The lowest BCUT2D eigenvalue weighted by Crippen LogP contribution is -2.28. The van der Waals surface area contributed by atoms with Crippen LogP contribution < -0.4 is 0 Å². The Hall–Kier alpha value is -7.89. The summed E-state index contributed by atoms with van der Waals surface area (Å²) in [6.45, 7) is 0. The highest BCUT2D eigenvalue weighted by Gasteiger charge is 2.47. The van der Waals surface area contributed by atoms with Crippen LogP contribution in [0.15, 0.2) is 213 Å². The topological polar surface area (TPSA) is 48.5 Å². The molecule has 0 saturated heterocycles. The minimum absolute atomic E-state index is 0.527. The van der Waals surface area contributed by atoms with Gasteiger partial charge in [0.25, 0.3) is 0 Å². The number of hydrogen-bond donors (Lipinski definition) is 0. The van der Waals surface area contributed by atoms with Crippen LogP contribution in [0.5, 0.6) is 0 Å². The second-order valence-electron chi connectivity index (χ2n) is 15.2. The van der Waals surface area contributed by atoms with Crippen molar-refractivity contribution < 1.29 is 0 Å². The summed E-state index contributed by atoms with van der Waals surface area (Å²) in [5.74, 6) is 0.929. The first kappa shape index (κ1) is 33.3. The molecular formula is C54H35N5. The number of aromatic nitrogens is 5. The van der Waals surface area contributed by atoms with E-state index in [0.29, 0.717) is 0 Å². The van der Waals surface area contributed by atoms with E-state index < -0.39 is 5.41 Å². The first-order valence-corrected chi connectivity index (χ1v) is 20.0. The summed E-state index contributed by atoms with van der Waals surface area (Å²) in [6, 6.07) is 67.7. The lowest BCUT2D eigenvalue weighted by atomic mass is 9.68. The van der Waals surface area contributed by atoms with Gasteiger partial charge in [0.15, 0.2) is 0 Å². The Morgan fingerprint density at radius 3 is 1.69 bits per heavy atom. The Kier molecular flexibility index (Phi) is 7.38. The van der Waals surface area contributed by atoms with Crippen LogP contribution >= 0.6 is 0 Å². The zero-order chi connectivity index (χ0) is 38.9. The molecule has 0 atom stereocenters. The number of hydrogen-bond acceptors (Lipinski definition) is 3. The van der Waals surface area contributed by atoms with Gasteiger partial charge in [0, 0.05) is 52.5 Å². The Morgan fingerprint density at radius 2 is 0.966 bits per heavy atom. The summed E-state index contributed by atoms with van der Waals surface area (Å²) in [5, 5.41) is 2.49. The number of rotatable bonds is 6. The highest BCUT2D eigenvalue weighted by atomic mass is 15.1. The van der Waals surface area contributed by atoms with E-state index in [1.54, 1.807) is 0 Å². The predicted molar refractivity (Wildman–Crippen MR) is 239 cm³/mol. The van der Waals surface area contributed by atoms with Crippen LogP contribution in [-0.4, -0.2) is 24.1 Å². The average Bonchev–Trinajstić information content (AvgIpc) is 3.97. The van der Waals surface area contributed by atoms with Gasteiger partial charge >= 0.3 is 0 Å². The van der Waals surface area contributed by atoms with Crippen LogP contribution in [-0.2, 0) is 5.41 Å². The number of benzene rings is 7. The van der Waals surface area contributed by atoms with E-state index in [-0.39, 0.29) is 0 Å². The van der Waals surface area contributed by atoms with Gasteiger partial charge in [-0.25, -0.2) is 4.98 Å². The molecule has 0 unspecified atom stereocenters. The molecule has 0 radical (unpaired) electrons. The highest BCUT2D eigenvalue weighted by molar-refractivity contribution is 6.18. The van der Waals surface area contributed by atoms with Crippen LogP contribution in [0, 0.1) is 0 Å². The molecule has 5 heteroatoms. The van der Waals surface area contributed by atoms with E-state index in [4.69, 9.17) is 4.98 Å². The molecule has 11 aromatic rings. The maximum absolute atomic E-state index is 5.08. The van der Waals surface area contributed by atoms with Crippen molar-refractivity contribution >= 4 is 32.8 Å². The number of nitrogens with zero attached hydrogens (tertiary/aromatic N) is 5. The van der Waals surface area contributed by atoms with Crippen molar-refractivity contribution in [2.45, 2.75) is 5.41 Å². The first-order chi connectivity index (χ1) is 29.3. The van der Waals surface area contributed by atoms with Gasteiger partial charge in [0.2, 0.25) is 0 Å². The maximum atomic E-state index is 5.08. The molecule has 0 bridgehead atoms. The van der Waals surface area contributed by atoms with E-state index >= 15 is 0 Å². The van der Waals surface area contributed by atoms with Crippen molar-refractivity contribution in [3.8, 4) is 45.0 Å². The second-order valence-corrected chi connectivity index (χ2v) is 15.2. The summed E-state index contributed by atoms with van der Waals surface area (Å²) in [6.07, 6.45) is 7.63. The van der Waals surface area contributed by atoms with Crippen molar-refractivity contribution in [1.29, 1.82) is 0 Å². The van der Waals surface area contributed by atoms with E-state index in [1.165, 1.54) is 55.2 Å². The molecule has 1 aliphatic rings. The van der Waals surface area contributed by atoms with E-state index in [1.807, 2.05) is 36.9 Å². The molecule has 1 aliphatic carbocycles. The van der Waals surface area contributed by atoms with Gasteiger partial charge in [0.1, 0.15) is 5.82 Å². The molecule has 276 valence electrons. The fraction of sp³-hybridized carbons (Fsp3) is 0.0185. The Bertz CT molecular complexity index is 3310. The molecule has 4 aromatic heterocycles. The monoisotopic (exact) mass is 753 g/mol. The van der Waals surface area contributed by atoms with Gasteiger partial charge < -0.3 is 4.57 Å². The minimum Gasteiger partial charge on any atom is -0.309 e. The lowest BCUT2D eigenvalue weighted by molar-refractivity contribution is 0.764. The van der Waals surface area contributed by atoms with Crippen LogP contribution in [0.2, 0.25) is 0 Å². The second kappa shape index (κ2) is 13.1. The molecule has 0 aliphatic heterocycles. The summed E-state index contributed by atoms with van der Waals surface area (Å²) < 4.78 is 4.67. The normalized spacial score (nSPS) is 12.9. The number of pyridine rings is 2. The fourth-order valence-corrected chi connectivity index (χ4v) is 9.77. The molecular weight excluding hydrogens is 719 g/mol. The molecule has 0 saturated carbocycles. The van der Waals surface area contributed by atoms with Crippen LogP contribution in [0.4, 0.5) is 0 Å². The zero-order valence-electron chi connectivity index (χ0n) is 31.9. The third-order valence-corrected chi connectivity index (χ3v) is 12.2. The van der Waals surface area contributed by atoms with Gasteiger partial charge in [-0.05, 0) is 117 Å². The van der Waals surface area contributed by atoms with Gasteiger partial charge in [-0.2, -0.15) is 0 Å². The van der Waals surface area contributed by atoms with Crippen molar-refractivity contribution in [2.24, 2.45) is 0 Å². The molecule has 4 heterocycles. The molecule has 0 spiro atoms. The Morgan fingerprint density at radius 1 is 0.390 bits per heavy atom. The SMILES string of the molecule is c1ccc(-n2c(-c3ccc(-c4ccc(-n5c6ccccc6c6c7c(ccc65)C(c5ccncc5)(c5ccncc5)c5ccccc5-7)cc4)cc3)nc3ccccc32)cc1. The largest absolute Gasteiger partial charge is 0.309 e. The quantitative estimate of drug-likeness (QED) is 0.170. The first-order valence-electron chi connectivity index (χ1n) is 20.0. The summed E-state index contributed by atoms with van der Waals surface area (Å²) in [7, 11) is 0. The molecule has 0 fully saturated rings. The van der Waals surface area contributed by atoms with Crippen molar-refractivity contribution in [1.82, 2.24) is 24.1 Å². The van der Waals surface area contributed by atoms with Crippen LogP contribution in [0.1, 0.15) is 22.3 Å². The zero-order valence-corrected chi connectivity index (χ0v) is 31.9. The Labute approximate surface area is 341 Å². The molecule has 59 heavy (non-hydrogen) atoms. The van der Waals surface area contributed by atoms with Crippen molar-refractivity contribution in [2.75, 3.05) is 0 Å². The van der Waals surface area contributed by atoms with E-state index in [2.05, 4.69) is 195 Å². The number of fused-ring (bicyclic) bond motifs is 8. The smallest absolute Gasteiger partial charge is 0.145 e. The van der Waals surface area contributed by atoms with Gasteiger partial charge in [0.05, 0.1) is 27.5 Å². The molecule has 7 aromatic carbocycles. The van der Waals surface area contributed by atoms with Gasteiger partial charge in [-0.15, -0.1) is 0 Å². The number of imidazole rings is 1. The minimum atomic E-state index is -0.527. The molecule has 0 N–H and O–H groups in total. The summed E-state index contributed by atoms with van der Waals surface area (Å²) in [4.78, 5) is 13.9. The number of para-hydroxylation sites is 4. The Balaban J connectivity index is 0.985. The molecule has 12 rings (SSSR count). The fourth-order valence-electron chi connectivity index (χ4n) is 9.77. The van der Waals surface area contributed by atoms with E-state index in [9.17, 15) is 0 Å². The maximum Gasteiger partial charge on any atom is 0.145 e. The van der Waals surface area contributed by atoms with Gasteiger partial charge in [-0.1, -0.05) is 115 Å².